The van der Waals surface area contributed by atoms with E-state index in [1.165, 1.54) is 0 Å². The summed E-state index contributed by atoms with van der Waals surface area (Å²) >= 11 is 0. The first kappa shape index (κ1) is 9.15. The molecule has 1 aromatic carbocycles. The highest BCUT2D eigenvalue weighted by atomic mass is 16.7. The first-order valence-corrected chi connectivity index (χ1v) is 4.64. The van der Waals surface area contributed by atoms with Crippen molar-refractivity contribution in [2.75, 3.05) is 31.1 Å². The summed E-state index contributed by atoms with van der Waals surface area (Å²) in [5.74, 6) is 0.760. The number of methoxy groups -OCH3 is 1. The molecule has 0 spiro atoms. The van der Waals surface area contributed by atoms with Crippen molar-refractivity contribution in [3.05, 3.63) is 18.2 Å². The van der Waals surface area contributed by atoms with E-state index in [-0.39, 0.29) is 0 Å². The lowest BCUT2D eigenvalue weighted by molar-refractivity contribution is 0.168. The van der Waals surface area contributed by atoms with Crippen LogP contribution in [0.2, 0.25) is 0 Å². The highest BCUT2D eigenvalue weighted by molar-refractivity contribution is 5.59. The van der Waals surface area contributed by atoms with Crippen LogP contribution in [0, 0.1) is 0 Å². The van der Waals surface area contributed by atoms with Crippen molar-refractivity contribution in [1.82, 2.24) is 0 Å². The molecule has 76 valence electrons. The summed E-state index contributed by atoms with van der Waals surface area (Å²) in [5.41, 5.74) is 7.39. The van der Waals surface area contributed by atoms with E-state index in [0.29, 0.717) is 5.69 Å². The lowest BCUT2D eigenvalue weighted by atomic mass is 10.2. The summed E-state index contributed by atoms with van der Waals surface area (Å²) in [4.78, 5) is 5.42. The minimum absolute atomic E-state index is 0.690. The van der Waals surface area contributed by atoms with E-state index in [1.807, 2.05) is 17.2 Å². The molecular formula is C10H14N2O2. The number of nitrogen functional groups attached to an aromatic ring is 1. The van der Waals surface area contributed by atoms with Crippen LogP contribution >= 0.6 is 0 Å². The van der Waals surface area contributed by atoms with Gasteiger partial charge in [-0.15, -0.1) is 0 Å². The summed E-state index contributed by atoms with van der Waals surface area (Å²) in [6.07, 6.45) is 1.05. The highest BCUT2D eigenvalue weighted by Gasteiger charge is 2.14. The Balaban J connectivity index is 2.27. The van der Waals surface area contributed by atoms with Crippen molar-refractivity contribution in [2.24, 2.45) is 0 Å². The van der Waals surface area contributed by atoms with Gasteiger partial charge in [0, 0.05) is 24.4 Å². The molecule has 1 aliphatic rings. The zero-order chi connectivity index (χ0) is 9.97. The summed E-state index contributed by atoms with van der Waals surface area (Å²) in [7, 11) is 1.63. The smallest absolute Gasteiger partial charge is 0.123 e. The van der Waals surface area contributed by atoms with Crippen LogP contribution in [-0.4, -0.2) is 20.3 Å². The standard InChI is InChI=1S/C10H14N2O2/c1-13-10-6-8(11)5-9(7-10)12-3-2-4-14-12/h5-7H,2-4,11H2,1H3. The molecule has 4 nitrogen and oxygen atoms in total. The predicted octanol–water partition coefficient (Wildman–Crippen LogP) is 1.42. The quantitative estimate of drug-likeness (QED) is 0.723. The van der Waals surface area contributed by atoms with E-state index in [4.69, 9.17) is 15.3 Å². The molecule has 2 N–H and O–H groups in total. The molecule has 1 fully saturated rings. The molecule has 2 rings (SSSR count). The minimum Gasteiger partial charge on any atom is -0.497 e. The fourth-order valence-electron chi connectivity index (χ4n) is 1.52. The van der Waals surface area contributed by atoms with Crippen LogP contribution < -0.4 is 15.5 Å². The van der Waals surface area contributed by atoms with Crippen LogP contribution in [0.3, 0.4) is 0 Å². The Kier molecular flexibility index (Phi) is 2.45. The third-order valence-electron chi connectivity index (χ3n) is 2.19. The molecule has 4 heteroatoms. The summed E-state index contributed by atoms with van der Waals surface area (Å²) < 4.78 is 5.13. The molecule has 1 aromatic rings. The minimum atomic E-state index is 0.690. The van der Waals surface area contributed by atoms with E-state index in [1.54, 1.807) is 13.2 Å². The maximum Gasteiger partial charge on any atom is 0.123 e. The number of hydrogen-bond donors (Lipinski definition) is 1. The fraction of sp³-hybridized carbons (Fsp3) is 0.400. The van der Waals surface area contributed by atoms with Gasteiger partial charge in [-0.05, 0) is 12.5 Å². The van der Waals surface area contributed by atoms with Gasteiger partial charge in [0.1, 0.15) is 5.75 Å². The van der Waals surface area contributed by atoms with E-state index in [9.17, 15) is 0 Å². The van der Waals surface area contributed by atoms with Crippen LogP contribution in [0.4, 0.5) is 11.4 Å². The van der Waals surface area contributed by atoms with Crippen LogP contribution in [0.5, 0.6) is 5.75 Å². The van der Waals surface area contributed by atoms with Gasteiger partial charge in [0.05, 0.1) is 19.4 Å². The number of hydrogen-bond acceptors (Lipinski definition) is 4. The highest BCUT2D eigenvalue weighted by Crippen LogP contribution is 2.27. The third-order valence-corrected chi connectivity index (χ3v) is 2.19. The second-order valence-electron chi connectivity index (χ2n) is 3.25. The fourth-order valence-corrected chi connectivity index (χ4v) is 1.52. The number of nitrogens with zero attached hydrogens (tertiary/aromatic N) is 1. The van der Waals surface area contributed by atoms with Crippen molar-refractivity contribution in [3.63, 3.8) is 0 Å². The molecule has 1 saturated heterocycles. The number of benzene rings is 1. The average Bonchev–Trinajstić information content (AvgIpc) is 2.69. The van der Waals surface area contributed by atoms with Crippen LogP contribution in [0.15, 0.2) is 18.2 Å². The van der Waals surface area contributed by atoms with E-state index in [0.717, 1.165) is 31.0 Å². The van der Waals surface area contributed by atoms with Crippen molar-refractivity contribution in [2.45, 2.75) is 6.42 Å². The Bertz CT molecular complexity index is 322. The number of hydroxylamine groups is 1. The summed E-state index contributed by atoms with van der Waals surface area (Å²) in [5, 5.41) is 1.85. The first-order valence-electron chi connectivity index (χ1n) is 4.64. The van der Waals surface area contributed by atoms with E-state index < -0.39 is 0 Å². The van der Waals surface area contributed by atoms with E-state index in [2.05, 4.69) is 0 Å². The van der Waals surface area contributed by atoms with Gasteiger partial charge in [-0.3, -0.25) is 9.90 Å². The Labute approximate surface area is 83.2 Å². The van der Waals surface area contributed by atoms with Crippen LogP contribution in [0.25, 0.3) is 0 Å². The predicted molar refractivity (Wildman–Crippen MR) is 55.3 cm³/mol. The molecule has 0 radical (unpaired) electrons. The Morgan fingerprint density at radius 3 is 2.93 bits per heavy atom. The second kappa shape index (κ2) is 3.75. The van der Waals surface area contributed by atoms with Crippen LogP contribution in [-0.2, 0) is 4.84 Å². The number of nitrogens with two attached hydrogens (primary N) is 1. The van der Waals surface area contributed by atoms with Crippen LogP contribution in [0.1, 0.15) is 6.42 Å². The van der Waals surface area contributed by atoms with Crippen molar-refractivity contribution in [3.8, 4) is 5.75 Å². The third kappa shape index (κ3) is 1.75. The molecule has 1 aliphatic heterocycles. The molecule has 0 aliphatic carbocycles. The van der Waals surface area contributed by atoms with Gasteiger partial charge < -0.3 is 10.5 Å². The SMILES string of the molecule is COc1cc(N)cc(N2CCCO2)c1. The first-order chi connectivity index (χ1) is 6.79. The van der Waals surface area contributed by atoms with Crippen molar-refractivity contribution in [1.29, 1.82) is 0 Å². The van der Waals surface area contributed by atoms with Gasteiger partial charge in [0.2, 0.25) is 0 Å². The number of ether oxygens (including phenoxy) is 1. The Hall–Kier alpha value is -1.42. The molecule has 0 amide bonds. The van der Waals surface area contributed by atoms with Gasteiger partial charge in [-0.2, -0.15) is 0 Å². The Morgan fingerprint density at radius 2 is 2.29 bits per heavy atom. The van der Waals surface area contributed by atoms with Gasteiger partial charge in [-0.25, -0.2) is 0 Å². The molecule has 0 atom stereocenters. The summed E-state index contributed by atoms with van der Waals surface area (Å²) in [6.45, 7) is 1.68. The van der Waals surface area contributed by atoms with Gasteiger partial charge in [0.25, 0.3) is 0 Å². The molecule has 0 unspecified atom stereocenters. The molecule has 14 heavy (non-hydrogen) atoms. The average molecular weight is 194 g/mol. The molecule has 0 aromatic heterocycles. The lowest BCUT2D eigenvalue weighted by Gasteiger charge is -2.17. The topological polar surface area (TPSA) is 47.7 Å². The number of anilines is 2. The van der Waals surface area contributed by atoms with E-state index >= 15 is 0 Å². The Morgan fingerprint density at radius 1 is 1.43 bits per heavy atom. The zero-order valence-corrected chi connectivity index (χ0v) is 8.19. The molecule has 0 saturated carbocycles. The molecular weight excluding hydrogens is 180 g/mol. The molecule has 0 bridgehead atoms. The monoisotopic (exact) mass is 194 g/mol. The van der Waals surface area contributed by atoms with Gasteiger partial charge in [-0.1, -0.05) is 0 Å². The maximum atomic E-state index is 5.74. The zero-order valence-electron chi connectivity index (χ0n) is 8.19. The van der Waals surface area contributed by atoms with Gasteiger partial charge >= 0.3 is 0 Å². The van der Waals surface area contributed by atoms with Crippen molar-refractivity contribution < 1.29 is 9.57 Å². The maximum absolute atomic E-state index is 5.74. The summed E-state index contributed by atoms with van der Waals surface area (Å²) in [6, 6.07) is 5.59. The molecule has 1 heterocycles. The number of rotatable bonds is 2. The normalized spacial score (nSPS) is 15.9. The van der Waals surface area contributed by atoms with Gasteiger partial charge in [0.15, 0.2) is 0 Å². The second-order valence-corrected chi connectivity index (χ2v) is 3.25. The van der Waals surface area contributed by atoms with Crippen molar-refractivity contribution >= 4 is 11.4 Å². The largest absolute Gasteiger partial charge is 0.497 e. The lowest BCUT2D eigenvalue weighted by Crippen LogP contribution is -2.16.